The predicted molar refractivity (Wildman–Crippen MR) is 78.5 cm³/mol. The number of carboxylic acids is 1. The number of aromatic hydroxyl groups is 1. The van der Waals surface area contributed by atoms with Crippen molar-refractivity contribution in [3.63, 3.8) is 0 Å². The predicted octanol–water partition coefficient (Wildman–Crippen LogP) is -0.102. The highest BCUT2D eigenvalue weighted by molar-refractivity contribution is 7.85. The van der Waals surface area contributed by atoms with E-state index in [2.05, 4.69) is 0 Å². The maximum atomic E-state index is 10.5. The SMILES string of the molecule is ClCC[NH+]1CCCC1.O=C(O)c1cc(S(=O)(=O)[O-])ccc1O. The molecule has 3 N–H and O–H groups in total. The fraction of sp³-hybridized carbons (Fsp3) is 0.462. The molecule has 0 radical (unpaired) electrons. The van der Waals surface area contributed by atoms with Gasteiger partial charge in [0.05, 0.1) is 30.4 Å². The van der Waals surface area contributed by atoms with Crippen molar-refractivity contribution in [1.82, 2.24) is 0 Å². The van der Waals surface area contributed by atoms with Crippen molar-refractivity contribution in [1.29, 1.82) is 0 Å². The zero-order chi connectivity index (χ0) is 16.8. The Balaban J connectivity index is 0.000000255. The zero-order valence-electron chi connectivity index (χ0n) is 11.8. The van der Waals surface area contributed by atoms with E-state index in [9.17, 15) is 17.8 Å². The first-order chi connectivity index (χ1) is 10.3. The van der Waals surface area contributed by atoms with E-state index in [0.29, 0.717) is 6.07 Å². The Kier molecular flexibility index (Phi) is 7.08. The van der Waals surface area contributed by atoms with Crippen LogP contribution in [0.2, 0.25) is 0 Å². The van der Waals surface area contributed by atoms with Crippen molar-refractivity contribution in [2.75, 3.05) is 25.5 Å². The van der Waals surface area contributed by atoms with Gasteiger partial charge < -0.3 is 19.7 Å². The molecule has 0 aromatic heterocycles. The Labute approximate surface area is 133 Å². The molecule has 0 atom stereocenters. The van der Waals surface area contributed by atoms with Crippen molar-refractivity contribution in [3.8, 4) is 5.75 Å². The lowest BCUT2D eigenvalue weighted by molar-refractivity contribution is -0.884. The van der Waals surface area contributed by atoms with Gasteiger partial charge in [-0.05, 0) is 18.2 Å². The minimum absolute atomic E-state index is 0.593. The van der Waals surface area contributed by atoms with Crippen molar-refractivity contribution < 1.29 is 32.9 Å². The van der Waals surface area contributed by atoms with Gasteiger partial charge >= 0.3 is 5.97 Å². The Morgan fingerprint density at radius 1 is 1.32 bits per heavy atom. The summed E-state index contributed by atoms with van der Waals surface area (Å²) < 4.78 is 31.5. The highest BCUT2D eigenvalue weighted by atomic mass is 35.5. The van der Waals surface area contributed by atoms with Crippen LogP contribution in [0.4, 0.5) is 0 Å². The van der Waals surface area contributed by atoms with Crippen LogP contribution in [0.1, 0.15) is 23.2 Å². The number of carboxylic acid groups (broad SMARTS) is 1. The summed E-state index contributed by atoms with van der Waals surface area (Å²) in [5, 5.41) is 17.5. The number of alkyl halides is 1. The smallest absolute Gasteiger partial charge is 0.339 e. The lowest BCUT2D eigenvalue weighted by Crippen LogP contribution is -3.10. The molecule has 1 saturated heterocycles. The Morgan fingerprint density at radius 2 is 1.91 bits per heavy atom. The highest BCUT2D eigenvalue weighted by Crippen LogP contribution is 2.20. The summed E-state index contributed by atoms with van der Waals surface area (Å²) in [6.07, 6.45) is 2.82. The zero-order valence-corrected chi connectivity index (χ0v) is 13.4. The molecule has 1 fully saturated rings. The van der Waals surface area contributed by atoms with Gasteiger partial charge in [0.15, 0.2) is 0 Å². The summed E-state index contributed by atoms with van der Waals surface area (Å²) in [5.41, 5.74) is -0.623. The first kappa shape index (κ1) is 18.7. The Bertz CT molecular complexity index is 613. The first-order valence-corrected chi connectivity index (χ1v) is 8.61. The van der Waals surface area contributed by atoms with E-state index in [-0.39, 0.29) is 0 Å². The molecule has 1 aromatic carbocycles. The highest BCUT2D eigenvalue weighted by Gasteiger charge is 2.13. The standard InChI is InChI=1S/C7H6O6S.C6H12ClN/c8-6-2-1-4(14(11,12)13)3-5(6)7(9)10;7-3-6-8-4-1-2-5-8/h1-3,8H,(H,9,10)(H,11,12,13);1-6H2. The van der Waals surface area contributed by atoms with Gasteiger partial charge in [0, 0.05) is 12.8 Å². The summed E-state index contributed by atoms with van der Waals surface area (Å²) in [6, 6.07) is 2.29. The summed E-state index contributed by atoms with van der Waals surface area (Å²) in [4.78, 5) is 11.5. The molecule has 0 bridgehead atoms. The molecule has 124 valence electrons. The second kappa shape index (κ2) is 8.33. The van der Waals surface area contributed by atoms with Gasteiger partial charge in [-0.15, -0.1) is 11.6 Å². The summed E-state index contributed by atoms with van der Waals surface area (Å²) in [5.74, 6) is -1.27. The van der Waals surface area contributed by atoms with E-state index in [1.807, 2.05) is 0 Å². The monoisotopic (exact) mass is 351 g/mol. The number of rotatable bonds is 4. The number of phenols is 1. The van der Waals surface area contributed by atoms with Gasteiger partial charge in [-0.2, -0.15) is 0 Å². The molecule has 7 nitrogen and oxygen atoms in total. The topological polar surface area (TPSA) is 119 Å². The van der Waals surface area contributed by atoms with Gasteiger partial charge in [-0.25, -0.2) is 13.2 Å². The van der Waals surface area contributed by atoms with Gasteiger partial charge in [0.1, 0.15) is 21.4 Å². The van der Waals surface area contributed by atoms with Crippen LogP contribution >= 0.6 is 11.6 Å². The van der Waals surface area contributed by atoms with Crippen LogP contribution in [0.15, 0.2) is 23.1 Å². The van der Waals surface area contributed by atoms with Crippen LogP contribution in [0.3, 0.4) is 0 Å². The number of likely N-dealkylation sites (tertiary alicyclic amines) is 1. The van der Waals surface area contributed by atoms with Gasteiger partial charge in [0.25, 0.3) is 0 Å². The maximum absolute atomic E-state index is 10.5. The number of hydrogen-bond acceptors (Lipinski definition) is 5. The summed E-state index contributed by atoms with van der Waals surface area (Å²) >= 11 is 5.56. The number of quaternary nitrogens is 1. The van der Waals surface area contributed by atoms with Crippen molar-refractivity contribution in [2.24, 2.45) is 0 Å². The number of carbonyl (C=O) groups is 1. The molecule has 2 rings (SSSR count). The molecule has 0 amide bonds. The molecule has 0 spiro atoms. The second-order valence-corrected chi connectivity index (χ2v) is 6.59. The van der Waals surface area contributed by atoms with E-state index >= 15 is 0 Å². The van der Waals surface area contributed by atoms with Crippen LogP contribution in [-0.2, 0) is 10.1 Å². The van der Waals surface area contributed by atoms with Gasteiger partial charge in [-0.3, -0.25) is 0 Å². The van der Waals surface area contributed by atoms with Crippen LogP contribution in [0, 0.1) is 0 Å². The summed E-state index contributed by atoms with van der Waals surface area (Å²) in [6.45, 7) is 3.88. The molecule has 1 aliphatic rings. The minimum atomic E-state index is -4.70. The van der Waals surface area contributed by atoms with Gasteiger partial charge in [-0.1, -0.05) is 0 Å². The molecule has 9 heteroatoms. The first-order valence-electron chi connectivity index (χ1n) is 6.67. The van der Waals surface area contributed by atoms with E-state index in [1.54, 1.807) is 4.90 Å². The number of nitrogens with one attached hydrogen (secondary N) is 1. The molecule has 1 aliphatic heterocycles. The molecule has 0 saturated carbocycles. The fourth-order valence-corrected chi connectivity index (χ4v) is 2.86. The number of aromatic carboxylic acids is 1. The molecule has 1 aromatic rings. The van der Waals surface area contributed by atoms with Crippen LogP contribution in [0.5, 0.6) is 5.75 Å². The Morgan fingerprint density at radius 3 is 2.36 bits per heavy atom. The molecule has 0 aliphatic carbocycles. The third-order valence-corrected chi connectivity index (χ3v) is 4.27. The average molecular weight is 352 g/mol. The van der Waals surface area contributed by atoms with Crippen LogP contribution in [0.25, 0.3) is 0 Å². The van der Waals surface area contributed by atoms with E-state index in [0.717, 1.165) is 18.0 Å². The number of benzene rings is 1. The van der Waals surface area contributed by atoms with Crippen molar-refractivity contribution in [2.45, 2.75) is 17.7 Å². The van der Waals surface area contributed by atoms with Crippen molar-refractivity contribution >= 4 is 27.7 Å². The Hall–Kier alpha value is -1.35. The van der Waals surface area contributed by atoms with Gasteiger partial charge in [0.2, 0.25) is 0 Å². The van der Waals surface area contributed by atoms with Crippen LogP contribution < -0.4 is 4.90 Å². The van der Waals surface area contributed by atoms with Crippen LogP contribution in [-0.4, -0.2) is 54.7 Å². The van der Waals surface area contributed by atoms with E-state index in [1.165, 1.54) is 32.5 Å². The lowest BCUT2D eigenvalue weighted by Gasteiger charge is -2.08. The minimum Gasteiger partial charge on any atom is -0.744 e. The quantitative estimate of drug-likeness (QED) is 0.514. The lowest BCUT2D eigenvalue weighted by atomic mass is 10.2. The molecule has 22 heavy (non-hydrogen) atoms. The molecular weight excluding hydrogens is 334 g/mol. The van der Waals surface area contributed by atoms with E-state index < -0.39 is 32.3 Å². The fourth-order valence-electron chi connectivity index (χ4n) is 2.10. The summed E-state index contributed by atoms with van der Waals surface area (Å²) in [7, 11) is -4.70. The second-order valence-electron chi connectivity index (χ2n) is 4.83. The third-order valence-electron chi connectivity index (χ3n) is 3.25. The number of halogens is 1. The van der Waals surface area contributed by atoms with Crippen molar-refractivity contribution in [3.05, 3.63) is 23.8 Å². The molecular formula is C13H18ClNO6S. The average Bonchev–Trinajstić information content (AvgIpc) is 2.92. The van der Waals surface area contributed by atoms with E-state index in [4.69, 9.17) is 21.8 Å². The molecule has 0 unspecified atom stereocenters. The maximum Gasteiger partial charge on any atom is 0.339 e. The normalized spacial score (nSPS) is 15.2. The largest absolute Gasteiger partial charge is 0.744 e. The third kappa shape index (κ3) is 5.80. The number of hydrogen-bond donors (Lipinski definition) is 3. The molecule has 1 heterocycles.